The van der Waals surface area contributed by atoms with Crippen LogP contribution in [0.5, 0.6) is 0 Å². The summed E-state index contributed by atoms with van der Waals surface area (Å²) in [5, 5.41) is 43.9. The number of aromatic nitrogens is 4. The first kappa shape index (κ1) is 13.2. The summed E-state index contributed by atoms with van der Waals surface area (Å²) >= 11 is 0. The highest BCUT2D eigenvalue weighted by molar-refractivity contribution is 5.43. The number of aliphatic hydroxyl groups excluding tert-OH is 3. The van der Waals surface area contributed by atoms with Crippen molar-refractivity contribution in [2.24, 2.45) is 0 Å². The second-order valence-corrected chi connectivity index (χ2v) is 4.56. The van der Waals surface area contributed by atoms with Crippen LogP contribution in [0, 0.1) is 0 Å². The van der Waals surface area contributed by atoms with E-state index < -0.39 is 24.4 Å². The maximum absolute atomic E-state index is 10.0. The van der Waals surface area contributed by atoms with Gasteiger partial charge in [0.05, 0.1) is 6.61 Å². The smallest absolute Gasteiger partial charge is 0.186 e. The van der Waals surface area contributed by atoms with Crippen molar-refractivity contribution in [2.45, 2.75) is 24.4 Å². The van der Waals surface area contributed by atoms with Gasteiger partial charge in [-0.3, -0.25) is 0 Å². The monoisotopic (exact) mass is 281 g/mol. The zero-order valence-electron chi connectivity index (χ0n) is 10.7. The summed E-state index contributed by atoms with van der Waals surface area (Å²) in [6.45, 7) is -0.388. The number of anilines is 1. The maximum Gasteiger partial charge on any atom is 0.186 e. The van der Waals surface area contributed by atoms with Crippen molar-refractivity contribution in [1.29, 1.82) is 0 Å². The first-order valence-corrected chi connectivity index (χ1v) is 6.18. The highest BCUT2D eigenvalue weighted by Crippen LogP contribution is 2.32. The molecule has 0 radical (unpaired) electrons. The number of aliphatic hydroxyl groups is 3. The second kappa shape index (κ2) is 4.94. The van der Waals surface area contributed by atoms with Gasteiger partial charge in [-0.15, -0.1) is 15.3 Å². The number of rotatable bonds is 3. The number of fused-ring (bicyclic) bond motifs is 1. The van der Waals surface area contributed by atoms with Crippen molar-refractivity contribution >= 4 is 11.5 Å². The fourth-order valence-electron chi connectivity index (χ4n) is 2.23. The van der Waals surface area contributed by atoms with E-state index in [1.54, 1.807) is 19.2 Å². The molecule has 9 nitrogen and oxygen atoms in total. The maximum atomic E-state index is 10.0. The standard InChI is InChI=1S/C11H15N5O4/c1-12-6-2-3-7-13-14-11(16(7)15-6)10-9(19)8(18)5(4-17)20-10/h2-3,5,8-10,17-19H,4H2,1H3,(H,12,15)/t5-,8-,9-,10-/m1/s1. The third-order valence-corrected chi connectivity index (χ3v) is 3.34. The molecule has 0 aliphatic carbocycles. The summed E-state index contributed by atoms with van der Waals surface area (Å²) in [6.07, 6.45) is -4.11. The number of nitrogens with one attached hydrogen (secondary N) is 1. The van der Waals surface area contributed by atoms with Crippen LogP contribution < -0.4 is 5.32 Å². The molecule has 4 atom stereocenters. The number of hydrogen-bond donors (Lipinski definition) is 4. The van der Waals surface area contributed by atoms with Crippen molar-refractivity contribution in [3.8, 4) is 0 Å². The van der Waals surface area contributed by atoms with Crippen molar-refractivity contribution in [1.82, 2.24) is 19.8 Å². The van der Waals surface area contributed by atoms with Crippen LogP contribution >= 0.6 is 0 Å². The fraction of sp³-hybridized carbons (Fsp3) is 0.545. The van der Waals surface area contributed by atoms with Gasteiger partial charge in [0.25, 0.3) is 0 Å². The number of hydrogen-bond acceptors (Lipinski definition) is 8. The SMILES string of the molecule is CNc1ccc2nnc([C@@H]3O[C@H](CO)[C@@H](O)[C@H]3O)n2n1. The molecular formula is C11H15N5O4. The lowest BCUT2D eigenvalue weighted by Crippen LogP contribution is -2.32. The first-order valence-electron chi connectivity index (χ1n) is 6.18. The summed E-state index contributed by atoms with van der Waals surface area (Å²) in [5.41, 5.74) is 0.497. The average Bonchev–Trinajstić information content (AvgIpc) is 3.01. The first-order chi connectivity index (χ1) is 9.65. The van der Waals surface area contributed by atoms with Crippen molar-refractivity contribution in [3.63, 3.8) is 0 Å². The van der Waals surface area contributed by atoms with E-state index in [1.165, 1.54) is 4.52 Å². The summed E-state index contributed by atoms with van der Waals surface area (Å²) in [5.74, 6) is 0.880. The molecule has 0 spiro atoms. The third-order valence-electron chi connectivity index (χ3n) is 3.34. The van der Waals surface area contributed by atoms with Gasteiger partial charge >= 0.3 is 0 Å². The van der Waals surface area contributed by atoms with Crippen LogP contribution in [0.3, 0.4) is 0 Å². The summed E-state index contributed by atoms with van der Waals surface area (Å²) in [7, 11) is 1.73. The van der Waals surface area contributed by atoms with Crippen LogP contribution in [0.2, 0.25) is 0 Å². The van der Waals surface area contributed by atoms with Gasteiger partial charge in [0.15, 0.2) is 11.5 Å². The van der Waals surface area contributed by atoms with E-state index >= 15 is 0 Å². The van der Waals surface area contributed by atoms with Crippen LogP contribution in [0.15, 0.2) is 12.1 Å². The third kappa shape index (κ3) is 1.91. The molecule has 3 rings (SSSR count). The van der Waals surface area contributed by atoms with Crippen molar-refractivity contribution in [2.75, 3.05) is 19.0 Å². The molecule has 3 heterocycles. The molecule has 0 saturated carbocycles. The molecule has 0 aromatic carbocycles. The molecule has 0 bridgehead atoms. The Morgan fingerprint density at radius 1 is 1.30 bits per heavy atom. The van der Waals surface area contributed by atoms with E-state index in [2.05, 4.69) is 20.6 Å². The van der Waals surface area contributed by atoms with Gasteiger partial charge in [-0.25, -0.2) is 0 Å². The van der Waals surface area contributed by atoms with E-state index in [-0.39, 0.29) is 12.4 Å². The number of ether oxygens (including phenoxy) is 1. The Balaban J connectivity index is 2.02. The summed E-state index contributed by atoms with van der Waals surface area (Å²) in [4.78, 5) is 0. The molecule has 0 unspecified atom stereocenters. The molecule has 4 N–H and O–H groups in total. The Hall–Kier alpha value is -1.81. The zero-order chi connectivity index (χ0) is 14.3. The highest BCUT2D eigenvalue weighted by Gasteiger charge is 2.45. The lowest BCUT2D eigenvalue weighted by molar-refractivity contribution is -0.0258. The lowest BCUT2D eigenvalue weighted by Gasteiger charge is -2.12. The van der Waals surface area contributed by atoms with Crippen molar-refractivity contribution < 1.29 is 20.1 Å². The van der Waals surface area contributed by atoms with Crippen LogP contribution in [0.25, 0.3) is 5.65 Å². The molecule has 9 heteroatoms. The summed E-state index contributed by atoms with van der Waals surface area (Å²) < 4.78 is 6.86. The Bertz CT molecular complexity index is 618. The normalized spacial score (nSPS) is 30.0. The Labute approximate surface area is 113 Å². The highest BCUT2D eigenvalue weighted by atomic mass is 16.6. The molecular weight excluding hydrogens is 266 g/mol. The molecule has 1 fully saturated rings. The minimum atomic E-state index is -1.19. The van der Waals surface area contributed by atoms with Crippen LogP contribution in [-0.2, 0) is 4.74 Å². The summed E-state index contributed by atoms with van der Waals surface area (Å²) in [6, 6.07) is 3.46. The molecule has 1 saturated heterocycles. The quantitative estimate of drug-likeness (QED) is 0.526. The molecule has 20 heavy (non-hydrogen) atoms. The van der Waals surface area contributed by atoms with Crippen LogP contribution in [0.1, 0.15) is 11.9 Å². The molecule has 1 aliphatic heterocycles. The van der Waals surface area contributed by atoms with E-state index in [0.29, 0.717) is 11.5 Å². The molecule has 2 aromatic heterocycles. The predicted octanol–water partition coefficient (Wildman–Crippen LogP) is -1.68. The van der Waals surface area contributed by atoms with Gasteiger partial charge in [0.1, 0.15) is 30.2 Å². The fourth-order valence-corrected chi connectivity index (χ4v) is 2.23. The molecule has 0 amide bonds. The van der Waals surface area contributed by atoms with Gasteiger partial charge in [0, 0.05) is 7.05 Å². The van der Waals surface area contributed by atoms with Gasteiger partial charge in [0.2, 0.25) is 0 Å². The minimum absolute atomic E-state index is 0.277. The van der Waals surface area contributed by atoms with E-state index in [9.17, 15) is 10.2 Å². The van der Waals surface area contributed by atoms with E-state index in [4.69, 9.17) is 9.84 Å². The lowest BCUT2D eigenvalue weighted by atomic mass is 10.1. The van der Waals surface area contributed by atoms with E-state index in [0.717, 1.165) is 0 Å². The topological polar surface area (TPSA) is 125 Å². The molecule has 2 aromatic rings. The van der Waals surface area contributed by atoms with Gasteiger partial charge in [-0.2, -0.15) is 4.52 Å². The van der Waals surface area contributed by atoms with Gasteiger partial charge < -0.3 is 25.4 Å². The Kier molecular flexibility index (Phi) is 3.26. The second-order valence-electron chi connectivity index (χ2n) is 4.56. The minimum Gasteiger partial charge on any atom is -0.394 e. The Morgan fingerprint density at radius 2 is 2.10 bits per heavy atom. The largest absolute Gasteiger partial charge is 0.394 e. The van der Waals surface area contributed by atoms with Crippen LogP contribution in [0.4, 0.5) is 5.82 Å². The van der Waals surface area contributed by atoms with Gasteiger partial charge in [-0.05, 0) is 12.1 Å². The molecule has 108 valence electrons. The molecule has 1 aliphatic rings. The van der Waals surface area contributed by atoms with Gasteiger partial charge in [-0.1, -0.05) is 0 Å². The van der Waals surface area contributed by atoms with Crippen LogP contribution in [-0.4, -0.2) is 67.1 Å². The van der Waals surface area contributed by atoms with Crippen molar-refractivity contribution in [3.05, 3.63) is 18.0 Å². The number of nitrogens with zero attached hydrogens (tertiary/aromatic N) is 4. The Morgan fingerprint density at radius 3 is 2.75 bits per heavy atom. The average molecular weight is 281 g/mol. The zero-order valence-corrected chi connectivity index (χ0v) is 10.7. The van der Waals surface area contributed by atoms with E-state index in [1.807, 2.05) is 0 Å². The predicted molar refractivity (Wildman–Crippen MR) is 67.0 cm³/mol.